The molecule has 1 fully saturated rings. The average Bonchev–Trinajstić information content (AvgIpc) is 2.46. The first-order chi connectivity index (χ1) is 10.0. The van der Waals surface area contributed by atoms with Gasteiger partial charge in [-0.05, 0) is 50.4 Å². The molecule has 1 aromatic rings. The van der Waals surface area contributed by atoms with E-state index in [0.717, 1.165) is 30.6 Å². The first-order valence-corrected chi connectivity index (χ1v) is 7.39. The van der Waals surface area contributed by atoms with Crippen LogP contribution in [0.2, 0.25) is 0 Å². The van der Waals surface area contributed by atoms with Gasteiger partial charge in [0.2, 0.25) is 5.91 Å². The van der Waals surface area contributed by atoms with Gasteiger partial charge in [-0.2, -0.15) is 0 Å². The highest BCUT2D eigenvalue weighted by atomic mass is 16.4. The van der Waals surface area contributed by atoms with Crippen LogP contribution in [0.25, 0.3) is 0 Å². The zero-order valence-corrected chi connectivity index (χ0v) is 12.3. The van der Waals surface area contributed by atoms with Crippen molar-refractivity contribution in [2.45, 2.75) is 38.6 Å². The summed E-state index contributed by atoms with van der Waals surface area (Å²) >= 11 is 0. The van der Waals surface area contributed by atoms with Crippen molar-refractivity contribution in [2.24, 2.45) is 5.92 Å². The zero-order chi connectivity index (χ0) is 15.2. The highest BCUT2D eigenvalue weighted by Crippen LogP contribution is 2.19. The molecule has 5 nitrogen and oxygen atoms in total. The summed E-state index contributed by atoms with van der Waals surface area (Å²) in [5.74, 6) is -0.665. The molecular weight excluding hydrogens is 268 g/mol. The molecule has 2 rings (SSSR count). The van der Waals surface area contributed by atoms with Gasteiger partial charge < -0.3 is 15.7 Å². The molecule has 1 saturated heterocycles. The lowest BCUT2D eigenvalue weighted by Crippen LogP contribution is -2.40. The van der Waals surface area contributed by atoms with E-state index in [2.05, 4.69) is 17.6 Å². The third-order valence-electron chi connectivity index (χ3n) is 3.84. The minimum absolute atomic E-state index is 0.0629. The smallest absolute Gasteiger partial charge is 0.303 e. The molecule has 0 saturated carbocycles. The number of amides is 1. The van der Waals surface area contributed by atoms with Crippen molar-refractivity contribution >= 4 is 17.6 Å². The van der Waals surface area contributed by atoms with E-state index in [1.165, 1.54) is 0 Å². The maximum atomic E-state index is 12.2. The van der Waals surface area contributed by atoms with Crippen molar-refractivity contribution in [3.8, 4) is 0 Å². The van der Waals surface area contributed by atoms with Crippen LogP contribution in [-0.2, 0) is 16.0 Å². The molecule has 3 N–H and O–H groups in total. The molecule has 1 aliphatic heterocycles. The summed E-state index contributed by atoms with van der Waals surface area (Å²) in [6, 6.07) is 7.78. The number of hydrogen-bond acceptors (Lipinski definition) is 3. The largest absolute Gasteiger partial charge is 0.481 e. The van der Waals surface area contributed by atoms with Crippen LogP contribution >= 0.6 is 0 Å². The summed E-state index contributed by atoms with van der Waals surface area (Å²) in [6.07, 6.45) is 2.36. The van der Waals surface area contributed by atoms with E-state index in [0.29, 0.717) is 12.5 Å². The number of carboxylic acids is 1. The Bertz CT molecular complexity index is 499. The number of benzene rings is 1. The Morgan fingerprint density at radius 2 is 2.05 bits per heavy atom. The van der Waals surface area contributed by atoms with Crippen LogP contribution < -0.4 is 10.6 Å². The molecule has 114 valence electrons. The number of aliphatic carboxylic acids is 1. The van der Waals surface area contributed by atoms with Crippen LogP contribution in [0.5, 0.6) is 0 Å². The van der Waals surface area contributed by atoms with Gasteiger partial charge in [0.05, 0.1) is 0 Å². The maximum Gasteiger partial charge on any atom is 0.303 e. The summed E-state index contributed by atoms with van der Waals surface area (Å²) in [4.78, 5) is 22.7. The molecule has 21 heavy (non-hydrogen) atoms. The van der Waals surface area contributed by atoms with Crippen molar-refractivity contribution in [3.63, 3.8) is 0 Å². The third-order valence-corrected chi connectivity index (χ3v) is 3.84. The fourth-order valence-electron chi connectivity index (χ4n) is 2.62. The number of rotatable bonds is 5. The van der Waals surface area contributed by atoms with Gasteiger partial charge in [-0.1, -0.05) is 12.1 Å². The van der Waals surface area contributed by atoms with Crippen LogP contribution in [0.3, 0.4) is 0 Å². The number of aryl methyl sites for hydroxylation is 1. The first kappa shape index (κ1) is 15.5. The minimum atomic E-state index is -0.799. The molecule has 1 amide bonds. The molecule has 0 aromatic heterocycles. The van der Waals surface area contributed by atoms with Crippen molar-refractivity contribution in [3.05, 3.63) is 29.8 Å². The standard InChI is InChI=1S/C16H22N2O3/c1-11-10-13(8-9-17-11)16(21)18-14-5-2-12(3-6-14)4-7-15(19)20/h2-3,5-6,11,13,17H,4,7-10H2,1H3,(H,18,21)(H,19,20). The maximum absolute atomic E-state index is 12.2. The Morgan fingerprint density at radius 3 is 2.67 bits per heavy atom. The van der Waals surface area contributed by atoms with Crippen molar-refractivity contribution in [2.75, 3.05) is 11.9 Å². The molecule has 1 heterocycles. The normalized spacial score (nSPS) is 21.8. The molecule has 0 radical (unpaired) electrons. The van der Waals surface area contributed by atoms with E-state index >= 15 is 0 Å². The highest BCUT2D eigenvalue weighted by molar-refractivity contribution is 5.92. The summed E-state index contributed by atoms with van der Waals surface area (Å²) in [5, 5.41) is 14.9. The zero-order valence-electron chi connectivity index (χ0n) is 12.3. The van der Waals surface area contributed by atoms with Crippen LogP contribution in [-0.4, -0.2) is 29.6 Å². The fraction of sp³-hybridized carbons (Fsp3) is 0.500. The third kappa shape index (κ3) is 4.86. The summed E-state index contributed by atoms with van der Waals surface area (Å²) in [5.41, 5.74) is 1.73. The van der Waals surface area contributed by atoms with Gasteiger partial charge in [-0.3, -0.25) is 9.59 Å². The van der Waals surface area contributed by atoms with E-state index < -0.39 is 5.97 Å². The number of hydrogen-bond donors (Lipinski definition) is 3. The van der Waals surface area contributed by atoms with Gasteiger partial charge in [0.15, 0.2) is 0 Å². The van der Waals surface area contributed by atoms with Crippen molar-refractivity contribution < 1.29 is 14.7 Å². The molecule has 1 aromatic carbocycles. The topological polar surface area (TPSA) is 78.4 Å². The Kier molecular flexibility index (Phi) is 5.33. The number of carboxylic acid groups (broad SMARTS) is 1. The van der Waals surface area contributed by atoms with E-state index in [1.54, 1.807) is 0 Å². The van der Waals surface area contributed by atoms with Gasteiger partial charge in [-0.15, -0.1) is 0 Å². The first-order valence-electron chi connectivity index (χ1n) is 7.39. The number of carbonyl (C=O) groups excluding carboxylic acids is 1. The second kappa shape index (κ2) is 7.22. The molecular formula is C16H22N2O3. The quantitative estimate of drug-likeness (QED) is 0.775. The predicted molar refractivity (Wildman–Crippen MR) is 81.2 cm³/mol. The Balaban J connectivity index is 1.87. The number of carbonyl (C=O) groups is 2. The number of anilines is 1. The van der Waals surface area contributed by atoms with Crippen LogP contribution in [0.1, 0.15) is 31.7 Å². The number of nitrogens with one attached hydrogen (secondary N) is 2. The van der Waals surface area contributed by atoms with E-state index in [9.17, 15) is 9.59 Å². The molecule has 0 bridgehead atoms. The lowest BCUT2D eigenvalue weighted by molar-refractivity contribution is -0.137. The van der Waals surface area contributed by atoms with Gasteiger partial charge >= 0.3 is 5.97 Å². The highest BCUT2D eigenvalue weighted by Gasteiger charge is 2.24. The van der Waals surface area contributed by atoms with Gasteiger partial charge in [0.25, 0.3) is 0 Å². The molecule has 0 spiro atoms. The lowest BCUT2D eigenvalue weighted by atomic mass is 9.92. The van der Waals surface area contributed by atoms with E-state index in [1.807, 2.05) is 24.3 Å². The van der Waals surface area contributed by atoms with Crippen LogP contribution in [0.15, 0.2) is 24.3 Å². The minimum Gasteiger partial charge on any atom is -0.481 e. The molecule has 2 unspecified atom stereocenters. The lowest BCUT2D eigenvalue weighted by Gasteiger charge is -2.27. The Labute approximate surface area is 124 Å². The predicted octanol–water partition coefficient (Wildman–Crippen LogP) is 2.03. The van der Waals surface area contributed by atoms with Crippen LogP contribution in [0.4, 0.5) is 5.69 Å². The van der Waals surface area contributed by atoms with Gasteiger partial charge in [-0.25, -0.2) is 0 Å². The van der Waals surface area contributed by atoms with Crippen molar-refractivity contribution in [1.29, 1.82) is 0 Å². The van der Waals surface area contributed by atoms with Crippen molar-refractivity contribution in [1.82, 2.24) is 5.32 Å². The molecule has 5 heteroatoms. The van der Waals surface area contributed by atoms with Gasteiger partial charge in [0, 0.05) is 24.1 Å². The monoisotopic (exact) mass is 290 g/mol. The summed E-state index contributed by atoms with van der Waals surface area (Å²) < 4.78 is 0. The summed E-state index contributed by atoms with van der Waals surface area (Å²) in [7, 11) is 0. The second-order valence-electron chi connectivity index (χ2n) is 5.66. The number of piperidine rings is 1. The Morgan fingerprint density at radius 1 is 1.33 bits per heavy atom. The summed E-state index contributed by atoms with van der Waals surface area (Å²) in [6.45, 7) is 2.98. The SMILES string of the molecule is CC1CC(C(=O)Nc2ccc(CCC(=O)O)cc2)CCN1. The average molecular weight is 290 g/mol. The second-order valence-corrected chi connectivity index (χ2v) is 5.66. The van der Waals surface area contributed by atoms with E-state index in [4.69, 9.17) is 5.11 Å². The van der Waals surface area contributed by atoms with Gasteiger partial charge in [0.1, 0.15) is 0 Å². The molecule has 1 aliphatic rings. The van der Waals surface area contributed by atoms with Crippen LogP contribution in [0, 0.1) is 5.92 Å². The fourth-order valence-corrected chi connectivity index (χ4v) is 2.62. The van der Waals surface area contributed by atoms with E-state index in [-0.39, 0.29) is 18.2 Å². The molecule has 2 atom stereocenters. The Hall–Kier alpha value is -1.88. The molecule has 0 aliphatic carbocycles.